The summed E-state index contributed by atoms with van der Waals surface area (Å²) < 4.78 is 11.3. The maximum atomic E-state index is 11.7. The third-order valence-corrected chi connectivity index (χ3v) is 3.62. The van der Waals surface area contributed by atoms with Crippen LogP contribution in [-0.2, 0) is 9.53 Å². The van der Waals surface area contributed by atoms with Crippen LogP contribution in [0.4, 0.5) is 5.13 Å². The summed E-state index contributed by atoms with van der Waals surface area (Å²) in [5.74, 6) is 0.697. The van der Waals surface area contributed by atoms with Crippen LogP contribution >= 0.6 is 11.3 Å². The lowest BCUT2D eigenvalue weighted by molar-refractivity contribution is -0.115. The molecule has 0 aliphatic rings. The van der Waals surface area contributed by atoms with Crippen LogP contribution in [0.25, 0.3) is 10.2 Å². The van der Waals surface area contributed by atoms with Gasteiger partial charge in [-0.05, 0) is 25.1 Å². The van der Waals surface area contributed by atoms with Gasteiger partial charge in [-0.3, -0.25) is 4.79 Å². The fourth-order valence-electron chi connectivity index (χ4n) is 1.75. The van der Waals surface area contributed by atoms with Crippen LogP contribution in [0, 0.1) is 0 Å². The third-order valence-electron chi connectivity index (χ3n) is 2.69. The molecule has 1 amide bonds. The van der Waals surface area contributed by atoms with Gasteiger partial charge in [0.15, 0.2) is 5.13 Å². The Bertz CT molecular complexity index is 600. The Labute approximate surface area is 127 Å². The molecule has 2 aromatic rings. The van der Waals surface area contributed by atoms with Crippen LogP contribution < -0.4 is 15.4 Å². The molecule has 1 aromatic heterocycles. The summed E-state index contributed by atoms with van der Waals surface area (Å²) in [6, 6.07) is 5.70. The van der Waals surface area contributed by atoms with E-state index in [1.54, 1.807) is 7.11 Å². The van der Waals surface area contributed by atoms with Gasteiger partial charge in [0.2, 0.25) is 5.91 Å². The van der Waals surface area contributed by atoms with E-state index in [-0.39, 0.29) is 12.5 Å². The summed E-state index contributed by atoms with van der Waals surface area (Å²) >= 11 is 1.43. The quantitative estimate of drug-likeness (QED) is 0.728. The molecule has 0 spiro atoms. The molecule has 21 heavy (non-hydrogen) atoms. The first kappa shape index (κ1) is 15.7. The number of aromatic nitrogens is 1. The first-order chi connectivity index (χ1) is 10.2. The monoisotopic (exact) mass is 309 g/mol. The van der Waals surface area contributed by atoms with Gasteiger partial charge >= 0.3 is 0 Å². The third kappa shape index (κ3) is 4.66. The van der Waals surface area contributed by atoms with Gasteiger partial charge in [-0.15, -0.1) is 0 Å². The normalized spacial score (nSPS) is 10.8. The number of benzene rings is 1. The zero-order valence-electron chi connectivity index (χ0n) is 12.1. The minimum Gasteiger partial charge on any atom is -0.494 e. The number of nitrogens with zero attached hydrogens (tertiary/aromatic N) is 1. The van der Waals surface area contributed by atoms with Crippen molar-refractivity contribution in [3.63, 3.8) is 0 Å². The highest BCUT2D eigenvalue weighted by Crippen LogP contribution is 2.29. The van der Waals surface area contributed by atoms with E-state index in [0.29, 0.717) is 24.9 Å². The average molecular weight is 309 g/mol. The van der Waals surface area contributed by atoms with Crippen molar-refractivity contribution < 1.29 is 14.3 Å². The molecule has 0 radical (unpaired) electrons. The Morgan fingerprint density at radius 1 is 1.43 bits per heavy atom. The topological polar surface area (TPSA) is 72.5 Å². The highest BCUT2D eigenvalue weighted by atomic mass is 32.1. The standard InChI is InChI=1S/C14H19N3O3S/c1-3-20-10-4-5-11-12(8-10)21-14(16-11)17-13(18)9-15-6-7-19-2/h4-5,8,15H,3,6-7,9H2,1-2H3,(H,16,17,18). The van der Waals surface area contributed by atoms with Gasteiger partial charge in [0.05, 0.1) is 30.0 Å². The fourth-order valence-corrected chi connectivity index (χ4v) is 2.66. The molecule has 0 aliphatic carbocycles. The average Bonchev–Trinajstić information content (AvgIpc) is 2.85. The second-order valence-electron chi connectivity index (χ2n) is 4.30. The second-order valence-corrected chi connectivity index (χ2v) is 5.33. The number of carbonyl (C=O) groups is 1. The molecule has 1 aromatic carbocycles. The van der Waals surface area contributed by atoms with Crippen LogP contribution in [0.3, 0.4) is 0 Å². The summed E-state index contributed by atoms with van der Waals surface area (Å²) in [7, 11) is 1.62. The highest BCUT2D eigenvalue weighted by molar-refractivity contribution is 7.22. The van der Waals surface area contributed by atoms with Crippen molar-refractivity contribution in [2.45, 2.75) is 6.92 Å². The van der Waals surface area contributed by atoms with Gasteiger partial charge in [-0.25, -0.2) is 4.98 Å². The van der Waals surface area contributed by atoms with Crippen molar-refractivity contribution in [3.8, 4) is 5.75 Å². The van der Waals surface area contributed by atoms with Crippen molar-refractivity contribution in [1.82, 2.24) is 10.3 Å². The molecule has 0 atom stereocenters. The minimum absolute atomic E-state index is 0.116. The van der Waals surface area contributed by atoms with Crippen LogP contribution in [0.15, 0.2) is 18.2 Å². The van der Waals surface area contributed by atoms with E-state index in [1.807, 2.05) is 25.1 Å². The summed E-state index contributed by atoms with van der Waals surface area (Å²) in [5.41, 5.74) is 0.853. The van der Waals surface area contributed by atoms with E-state index < -0.39 is 0 Å². The van der Waals surface area contributed by atoms with Crippen LogP contribution in [0.5, 0.6) is 5.75 Å². The number of fused-ring (bicyclic) bond motifs is 1. The van der Waals surface area contributed by atoms with Gasteiger partial charge in [0, 0.05) is 13.7 Å². The Kier molecular flexibility index (Phi) is 5.91. The van der Waals surface area contributed by atoms with Gasteiger partial charge in [-0.1, -0.05) is 11.3 Å². The van der Waals surface area contributed by atoms with Crippen LogP contribution in [0.2, 0.25) is 0 Å². The van der Waals surface area contributed by atoms with Crippen LogP contribution in [0.1, 0.15) is 6.92 Å². The molecule has 0 fully saturated rings. The number of anilines is 1. The van der Waals surface area contributed by atoms with Crippen molar-refractivity contribution >= 4 is 32.6 Å². The molecule has 0 unspecified atom stereocenters. The van der Waals surface area contributed by atoms with Gasteiger partial charge < -0.3 is 20.1 Å². The van der Waals surface area contributed by atoms with E-state index in [0.717, 1.165) is 16.0 Å². The highest BCUT2D eigenvalue weighted by Gasteiger charge is 2.08. The molecule has 0 saturated carbocycles. The van der Waals surface area contributed by atoms with E-state index in [9.17, 15) is 4.79 Å². The molecular weight excluding hydrogens is 290 g/mol. The maximum Gasteiger partial charge on any atom is 0.240 e. The van der Waals surface area contributed by atoms with Crippen molar-refractivity contribution in [2.24, 2.45) is 0 Å². The number of hydrogen-bond acceptors (Lipinski definition) is 6. The molecule has 0 saturated heterocycles. The molecular formula is C14H19N3O3S. The summed E-state index contributed by atoms with van der Waals surface area (Å²) in [6.45, 7) is 4.03. The summed E-state index contributed by atoms with van der Waals surface area (Å²) in [4.78, 5) is 16.1. The maximum absolute atomic E-state index is 11.7. The number of amides is 1. The molecule has 7 heteroatoms. The number of carbonyl (C=O) groups excluding carboxylic acids is 1. The largest absolute Gasteiger partial charge is 0.494 e. The lowest BCUT2D eigenvalue weighted by Gasteiger charge is -2.03. The number of methoxy groups -OCH3 is 1. The SMILES string of the molecule is CCOc1ccc2nc(NC(=O)CNCCOC)sc2c1. The molecule has 6 nitrogen and oxygen atoms in total. The first-order valence-corrected chi connectivity index (χ1v) is 7.57. The van der Waals surface area contributed by atoms with Crippen molar-refractivity contribution in [3.05, 3.63) is 18.2 Å². The number of rotatable bonds is 8. The van der Waals surface area contributed by atoms with Crippen molar-refractivity contribution in [1.29, 1.82) is 0 Å². The number of hydrogen-bond donors (Lipinski definition) is 2. The minimum atomic E-state index is -0.116. The molecule has 114 valence electrons. The molecule has 2 N–H and O–H groups in total. The second kappa shape index (κ2) is 7.92. The predicted octanol–water partition coefficient (Wildman–Crippen LogP) is 1.87. The predicted molar refractivity (Wildman–Crippen MR) is 84.2 cm³/mol. The Balaban J connectivity index is 1.94. The summed E-state index contributed by atoms with van der Waals surface area (Å²) in [5, 5.41) is 6.36. The lowest BCUT2D eigenvalue weighted by Crippen LogP contribution is -2.30. The Morgan fingerprint density at radius 2 is 2.29 bits per heavy atom. The molecule has 2 rings (SSSR count). The zero-order chi connectivity index (χ0) is 15.1. The van der Waals surface area contributed by atoms with E-state index in [2.05, 4.69) is 15.6 Å². The first-order valence-electron chi connectivity index (χ1n) is 6.76. The lowest BCUT2D eigenvalue weighted by atomic mass is 10.3. The van der Waals surface area contributed by atoms with Gasteiger partial charge in [0.25, 0.3) is 0 Å². The van der Waals surface area contributed by atoms with Crippen molar-refractivity contribution in [2.75, 3.05) is 38.7 Å². The number of ether oxygens (including phenoxy) is 2. The fraction of sp³-hybridized carbons (Fsp3) is 0.429. The van der Waals surface area contributed by atoms with E-state index in [1.165, 1.54) is 11.3 Å². The molecule has 0 bridgehead atoms. The van der Waals surface area contributed by atoms with Gasteiger partial charge in [-0.2, -0.15) is 0 Å². The van der Waals surface area contributed by atoms with Crippen LogP contribution in [-0.4, -0.2) is 44.3 Å². The molecule has 1 heterocycles. The number of thiazole rings is 1. The van der Waals surface area contributed by atoms with Gasteiger partial charge in [0.1, 0.15) is 5.75 Å². The van der Waals surface area contributed by atoms with E-state index >= 15 is 0 Å². The molecule has 0 aliphatic heterocycles. The summed E-state index contributed by atoms with van der Waals surface area (Å²) in [6.07, 6.45) is 0. The Hall–Kier alpha value is -1.70. The number of nitrogens with one attached hydrogen (secondary N) is 2. The van der Waals surface area contributed by atoms with E-state index in [4.69, 9.17) is 9.47 Å². The smallest absolute Gasteiger partial charge is 0.240 e. The zero-order valence-corrected chi connectivity index (χ0v) is 13.0. The Morgan fingerprint density at radius 3 is 3.05 bits per heavy atom.